The van der Waals surface area contributed by atoms with E-state index in [1.54, 1.807) is 12.3 Å². The van der Waals surface area contributed by atoms with Crippen LogP contribution < -0.4 is 5.73 Å². The molecule has 2 N–H and O–H groups in total. The molecule has 0 fully saturated rings. The first-order valence-corrected chi connectivity index (χ1v) is 4.54. The molecule has 0 aliphatic carbocycles. The second kappa shape index (κ2) is 4.82. The second-order valence-corrected chi connectivity index (χ2v) is 3.11. The van der Waals surface area contributed by atoms with Crippen LogP contribution in [0.1, 0.15) is 26.0 Å². The van der Waals surface area contributed by atoms with Gasteiger partial charge in [0, 0.05) is 11.9 Å². The van der Waals surface area contributed by atoms with Crippen LogP contribution in [0, 0.1) is 0 Å². The summed E-state index contributed by atoms with van der Waals surface area (Å²) in [6.45, 7) is 4.68. The SMILES string of the molecule is CCC(C)OCc1cc(N)ccn1. The molecule has 3 nitrogen and oxygen atoms in total. The number of hydrogen-bond donors (Lipinski definition) is 1. The summed E-state index contributed by atoms with van der Waals surface area (Å²) in [6, 6.07) is 3.61. The van der Waals surface area contributed by atoms with E-state index in [2.05, 4.69) is 11.9 Å². The maximum atomic E-state index is 5.60. The predicted octanol–water partition coefficient (Wildman–Crippen LogP) is 1.98. The average molecular weight is 180 g/mol. The summed E-state index contributed by atoms with van der Waals surface area (Å²) in [5, 5.41) is 0. The van der Waals surface area contributed by atoms with Gasteiger partial charge in [-0.1, -0.05) is 6.92 Å². The number of rotatable bonds is 4. The Morgan fingerprint density at radius 2 is 2.38 bits per heavy atom. The van der Waals surface area contributed by atoms with Crippen molar-refractivity contribution in [3.8, 4) is 0 Å². The maximum absolute atomic E-state index is 5.60. The lowest BCUT2D eigenvalue weighted by Crippen LogP contribution is -2.07. The third-order valence-corrected chi connectivity index (χ3v) is 1.93. The number of anilines is 1. The monoisotopic (exact) mass is 180 g/mol. The van der Waals surface area contributed by atoms with E-state index in [4.69, 9.17) is 10.5 Å². The highest BCUT2D eigenvalue weighted by Crippen LogP contribution is 2.06. The standard InChI is InChI=1S/C10H16N2O/c1-3-8(2)13-7-10-6-9(11)4-5-12-10/h4-6,8H,3,7H2,1-2H3,(H2,11,12). The number of nitrogen functional groups attached to an aromatic ring is 1. The van der Waals surface area contributed by atoms with Gasteiger partial charge in [0.2, 0.25) is 0 Å². The summed E-state index contributed by atoms with van der Waals surface area (Å²) in [7, 11) is 0. The highest BCUT2D eigenvalue weighted by molar-refractivity contribution is 5.36. The summed E-state index contributed by atoms with van der Waals surface area (Å²) in [5.41, 5.74) is 7.23. The fourth-order valence-electron chi connectivity index (χ4n) is 0.921. The summed E-state index contributed by atoms with van der Waals surface area (Å²) in [4.78, 5) is 4.14. The van der Waals surface area contributed by atoms with Crippen LogP contribution in [0.25, 0.3) is 0 Å². The molecule has 1 aromatic heterocycles. The molecule has 0 aliphatic rings. The molecule has 1 heterocycles. The molecule has 0 aliphatic heterocycles. The Kier molecular flexibility index (Phi) is 3.71. The summed E-state index contributed by atoms with van der Waals surface area (Å²) in [5.74, 6) is 0. The van der Waals surface area contributed by atoms with Crippen LogP contribution in [0.3, 0.4) is 0 Å². The van der Waals surface area contributed by atoms with E-state index in [1.807, 2.05) is 13.0 Å². The van der Waals surface area contributed by atoms with Crippen LogP contribution in [-0.2, 0) is 11.3 Å². The zero-order valence-electron chi connectivity index (χ0n) is 8.16. The normalized spacial score (nSPS) is 12.8. The highest BCUT2D eigenvalue weighted by Gasteiger charge is 2.00. The molecule has 1 aromatic rings. The number of pyridine rings is 1. The summed E-state index contributed by atoms with van der Waals surface area (Å²) < 4.78 is 5.51. The first kappa shape index (κ1) is 9.99. The van der Waals surface area contributed by atoms with Crippen molar-refractivity contribution in [1.29, 1.82) is 0 Å². The third-order valence-electron chi connectivity index (χ3n) is 1.93. The molecule has 0 saturated heterocycles. The zero-order valence-corrected chi connectivity index (χ0v) is 8.16. The fraction of sp³-hybridized carbons (Fsp3) is 0.500. The van der Waals surface area contributed by atoms with Crippen molar-refractivity contribution in [2.24, 2.45) is 0 Å². The van der Waals surface area contributed by atoms with Gasteiger partial charge in [0.05, 0.1) is 18.4 Å². The first-order chi connectivity index (χ1) is 6.22. The van der Waals surface area contributed by atoms with Crippen LogP contribution in [0.5, 0.6) is 0 Å². The first-order valence-electron chi connectivity index (χ1n) is 4.54. The fourth-order valence-corrected chi connectivity index (χ4v) is 0.921. The third kappa shape index (κ3) is 3.42. The average Bonchev–Trinajstić information content (AvgIpc) is 2.14. The van der Waals surface area contributed by atoms with Gasteiger partial charge < -0.3 is 10.5 Å². The van der Waals surface area contributed by atoms with Crippen molar-refractivity contribution in [3.05, 3.63) is 24.0 Å². The number of nitrogens with zero attached hydrogens (tertiary/aromatic N) is 1. The Morgan fingerprint density at radius 3 is 3.00 bits per heavy atom. The second-order valence-electron chi connectivity index (χ2n) is 3.11. The molecule has 0 saturated carbocycles. The minimum absolute atomic E-state index is 0.281. The van der Waals surface area contributed by atoms with E-state index >= 15 is 0 Å². The molecule has 72 valence electrons. The summed E-state index contributed by atoms with van der Waals surface area (Å²) in [6.07, 6.45) is 3.00. The van der Waals surface area contributed by atoms with Gasteiger partial charge in [-0.3, -0.25) is 4.98 Å². The van der Waals surface area contributed by atoms with Gasteiger partial charge in [-0.2, -0.15) is 0 Å². The Labute approximate surface area is 78.9 Å². The maximum Gasteiger partial charge on any atom is 0.0892 e. The molecule has 0 aromatic carbocycles. The molecular weight excluding hydrogens is 164 g/mol. The number of nitrogens with two attached hydrogens (primary N) is 1. The smallest absolute Gasteiger partial charge is 0.0892 e. The Hall–Kier alpha value is -1.09. The molecular formula is C10H16N2O. The minimum atomic E-state index is 0.281. The van der Waals surface area contributed by atoms with Crippen molar-refractivity contribution >= 4 is 5.69 Å². The lowest BCUT2D eigenvalue weighted by atomic mass is 10.3. The van der Waals surface area contributed by atoms with Crippen LogP contribution in [-0.4, -0.2) is 11.1 Å². The van der Waals surface area contributed by atoms with Gasteiger partial charge in [-0.05, 0) is 25.5 Å². The van der Waals surface area contributed by atoms with Gasteiger partial charge in [0.15, 0.2) is 0 Å². The Bertz CT molecular complexity index is 263. The van der Waals surface area contributed by atoms with E-state index < -0.39 is 0 Å². The van der Waals surface area contributed by atoms with Crippen LogP contribution >= 0.6 is 0 Å². The minimum Gasteiger partial charge on any atom is -0.399 e. The number of aromatic nitrogens is 1. The van der Waals surface area contributed by atoms with Crippen LogP contribution in [0.15, 0.2) is 18.3 Å². The largest absolute Gasteiger partial charge is 0.399 e. The van der Waals surface area contributed by atoms with Gasteiger partial charge >= 0.3 is 0 Å². The molecule has 0 bridgehead atoms. The van der Waals surface area contributed by atoms with Crippen LogP contribution in [0.2, 0.25) is 0 Å². The van der Waals surface area contributed by atoms with Crippen molar-refractivity contribution in [1.82, 2.24) is 4.98 Å². The quantitative estimate of drug-likeness (QED) is 0.770. The summed E-state index contributed by atoms with van der Waals surface area (Å²) >= 11 is 0. The Balaban J connectivity index is 2.45. The van der Waals surface area contributed by atoms with Gasteiger partial charge in [0.25, 0.3) is 0 Å². The molecule has 0 radical (unpaired) electrons. The van der Waals surface area contributed by atoms with Crippen LogP contribution in [0.4, 0.5) is 5.69 Å². The van der Waals surface area contributed by atoms with Crippen molar-refractivity contribution in [2.45, 2.75) is 33.0 Å². The van der Waals surface area contributed by atoms with E-state index in [0.29, 0.717) is 6.61 Å². The van der Waals surface area contributed by atoms with E-state index in [9.17, 15) is 0 Å². The predicted molar refractivity (Wildman–Crippen MR) is 53.2 cm³/mol. The molecule has 13 heavy (non-hydrogen) atoms. The van der Waals surface area contributed by atoms with E-state index in [1.165, 1.54) is 0 Å². The lowest BCUT2D eigenvalue weighted by Gasteiger charge is -2.09. The highest BCUT2D eigenvalue weighted by atomic mass is 16.5. The van der Waals surface area contributed by atoms with Gasteiger partial charge in [-0.15, -0.1) is 0 Å². The molecule has 0 spiro atoms. The van der Waals surface area contributed by atoms with Crippen molar-refractivity contribution in [2.75, 3.05) is 5.73 Å². The molecule has 1 rings (SSSR count). The zero-order chi connectivity index (χ0) is 9.68. The lowest BCUT2D eigenvalue weighted by molar-refractivity contribution is 0.0489. The van der Waals surface area contributed by atoms with Crippen molar-refractivity contribution < 1.29 is 4.74 Å². The number of hydrogen-bond acceptors (Lipinski definition) is 3. The Morgan fingerprint density at radius 1 is 1.62 bits per heavy atom. The van der Waals surface area contributed by atoms with Crippen molar-refractivity contribution in [3.63, 3.8) is 0 Å². The van der Waals surface area contributed by atoms with Gasteiger partial charge in [-0.25, -0.2) is 0 Å². The molecule has 1 unspecified atom stereocenters. The van der Waals surface area contributed by atoms with E-state index in [0.717, 1.165) is 17.8 Å². The van der Waals surface area contributed by atoms with Gasteiger partial charge in [0.1, 0.15) is 0 Å². The van der Waals surface area contributed by atoms with E-state index in [-0.39, 0.29) is 6.10 Å². The molecule has 0 amide bonds. The molecule has 3 heteroatoms. The molecule has 1 atom stereocenters. The number of ether oxygens (including phenoxy) is 1. The topological polar surface area (TPSA) is 48.1 Å².